The summed E-state index contributed by atoms with van der Waals surface area (Å²) in [6.07, 6.45) is 7.06. The van der Waals surface area contributed by atoms with Gasteiger partial charge in [-0.05, 0) is 45.2 Å². The summed E-state index contributed by atoms with van der Waals surface area (Å²) in [5.41, 5.74) is 0. The molecule has 0 bridgehead atoms. The van der Waals surface area contributed by atoms with Crippen LogP contribution >= 0.6 is 0 Å². The molecule has 0 amide bonds. The third-order valence-electron chi connectivity index (χ3n) is 3.49. The van der Waals surface area contributed by atoms with Crippen molar-refractivity contribution in [2.24, 2.45) is 0 Å². The third kappa shape index (κ3) is 2.69. The van der Waals surface area contributed by atoms with Crippen LogP contribution in [0.4, 0.5) is 0 Å². The molecule has 86 valence electrons. The predicted molar refractivity (Wildman–Crippen MR) is 57.6 cm³/mol. The fourth-order valence-electron chi connectivity index (χ4n) is 2.63. The number of hydrogen-bond acceptors (Lipinski definition) is 3. The van der Waals surface area contributed by atoms with Gasteiger partial charge in [0.2, 0.25) is 0 Å². The Balaban J connectivity index is 1.88. The summed E-state index contributed by atoms with van der Waals surface area (Å²) in [4.78, 5) is 13.3. The van der Waals surface area contributed by atoms with Crippen LogP contribution in [-0.4, -0.2) is 41.3 Å². The Morgan fingerprint density at radius 1 is 1.13 bits per heavy atom. The van der Waals surface area contributed by atoms with Crippen LogP contribution in [0.1, 0.15) is 38.5 Å². The molecule has 2 aliphatic heterocycles. The molecular formula is C11H20N2O2. The van der Waals surface area contributed by atoms with Gasteiger partial charge in [0.25, 0.3) is 0 Å². The maximum Gasteiger partial charge on any atom is 0.320 e. The number of piperidine rings is 2. The van der Waals surface area contributed by atoms with Gasteiger partial charge >= 0.3 is 5.97 Å². The Labute approximate surface area is 90.6 Å². The van der Waals surface area contributed by atoms with Crippen molar-refractivity contribution in [3.05, 3.63) is 0 Å². The molecule has 2 atom stereocenters. The number of rotatable bonds is 2. The summed E-state index contributed by atoms with van der Waals surface area (Å²) in [5.74, 6) is -0.697. The highest BCUT2D eigenvalue weighted by Crippen LogP contribution is 2.19. The lowest BCUT2D eigenvalue weighted by Gasteiger charge is -2.39. The van der Waals surface area contributed by atoms with Crippen LogP contribution in [-0.2, 0) is 4.79 Å². The molecule has 0 saturated carbocycles. The second-order valence-electron chi connectivity index (χ2n) is 4.60. The number of likely N-dealkylation sites (tertiary alicyclic amines) is 1. The van der Waals surface area contributed by atoms with Crippen LogP contribution in [0.3, 0.4) is 0 Å². The lowest BCUT2D eigenvalue weighted by atomic mass is 10.0. The maximum absolute atomic E-state index is 10.9. The Morgan fingerprint density at radius 3 is 2.53 bits per heavy atom. The SMILES string of the molecule is O=C(O)C1CCCC(N2CCCCC2)N1. The van der Waals surface area contributed by atoms with E-state index >= 15 is 0 Å². The molecule has 2 heterocycles. The minimum absolute atomic E-state index is 0.306. The lowest BCUT2D eigenvalue weighted by Crippen LogP contribution is -2.55. The highest BCUT2D eigenvalue weighted by atomic mass is 16.4. The topological polar surface area (TPSA) is 52.6 Å². The zero-order valence-corrected chi connectivity index (χ0v) is 9.11. The van der Waals surface area contributed by atoms with Gasteiger partial charge < -0.3 is 5.11 Å². The quantitative estimate of drug-likeness (QED) is 0.717. The summed E-state index contributed by atoms with van der Waals surface area (Å²) in [6.45, 7) is 2.26. The monoisotopic (exact) mass is 212 g/mol. The average molecular weight is 212 g/mol. The van der Waals surface area contributed by atoms with E-state index in [4.69, 9.17) is 5.11 Å². The van der Waals surface area contributed by atoms with Crippen LogP contribution in [0, 0.1) is 0 Å². The van der Waals surface area contributed by atoms with Crippen LogP contribution < -0.4 is 5.32 Å². The van der Waals surface area contributed by atoms with Gasteiger partial charge in [0, 0.05) is 0 Å². The largest absolute Gasteiger partial charge is 0.480 e. The number of carbonyl (C=O) groups is 1. The Hall–Kier alpha value is -0.610. The van der Waals surface area contributed by atoms with E-state index in [0.29, 0.717) is 6.17 Å². The van der Waals surface area contributed by atoms with Crippen molar-refractivity contribution < 1.29 is 9.90 Å². The molecule has 0 spiro atoms. The van der Waals surface area contributed by atoms with Crippen molar-refractivity contribution in [2.75, 3.05) is 13.1 Å². The summed E-state index contributed by atoms with van der Waals surface area (Å²) in [5, 5.41) is 12.2. The molecule has 0 aromatic carbocycles. The van der Waals surface area contributed by atoms with E-state index in [9.17, 15) is 4.79 Å². The van der Waals surface area contributed by atoms with Crippen LogP contribution in [0.25, 0.3) is 0 Å². The molecule has 2 fully saturated rings. The summed E-state index contributed by atoms with van der Waals surface area (Å²) >= 11 is 0. The first kappa shape index (κ1) is 10.9. The second kappa shape index (κ2) is 4.94. The average Bonchev–Trinajstić information content (AvgIpc) is 2.30. The Morgan fingerprint density at radius 2 is 1.87 bits per heavy atom. The molecule has 4 heteroatoms. The van der Waals surface area contributed by atoms with Gasteiger partial charge in [-0.2, -0.15) is 0 Å². The minimum Gasteiger partial charge on any atom is -0.480 e. The number of nitrogens with one attached hydrogen (secondary N) is 1. The molecule has 0 aliphatic carbocycles. The first-order valence-electron chi connectivity index (χ1n) is 6.00. The van der Waals surface area contributed by atoms with Gasteiger partial charge in [0.1, 0.15) is 6.04 Å². The number of carboxylic acids is 1. The standard InChI is InChI=1S/C11H20N2O2/c14-11(15)9-5-4-6-10(12-9)13-7-2-1-3-8-13/h9-10,12H,1-8H2,(H,14,15). The van der Waals surface area contributed by atoms with E-state index in [-0.39, 0.29) is 6.04 Å². The molecule has 4 nitrogen and oxygen atoms in total. The highest BCUT2D eigenvalue weighted by molar-refractivity contribution is 5.73. The maximum atomic E-state index is 10.9. The fraction of sp³-hybridized carbons (Fsp3) is 0.909. The van der Waals surface area contributed by atoms with Crippen molar-refractivity contribution in [1.29, 1.82) is 0 Å². The zero-order chi connectivity index (χ0) is 10.7. The van der Waals surface area contributed by atoms with E-state index in [2.05, 4.69) is 10.2 Å². The fourth-order valence-corrected chi connectivity index (χ4v) is 2.63. The molecule has 0 aromatic heterocycles. The number of hydrogen-bond donors (Lipinski definition) is 2. The van der Waals surface area contributed by atoms with Gasteiger partial charge in [0.15, 0.2) is 0 Å². The van der Waals surface area contributed by atoms with Crippen LogP contribution in [0.2, 0.25) is 0 Å². The Bertz CT molecular complexity index is 227. The zero-order valence-electron chi connectivity index (χ0n) is 9.11. The van der Waals surface area contributed by atoms with Gasteiger partial charge in [-0.15, -0.1) is 0 Å². The third-order valence-corrected chi connectivity index (χ3v) is 3.49. The summed E-state index contributed by atoms with van der Waals surface area (Å²) < 4.78 is 0. The summed E-state index contributed by atoms with van der Waals surface area (Å²) in [7, 11) is 0. The molecule has 2 aliphatic rings. The van der Waals surface area contributed by atoms with E-state index in [1.54, 1.807) is 0 Å². The first-order valence-corrected chi connectivity index (χ1v) is 6.00. The molecule has 2 saturated heterocycles. The van der Waals surface area contributed by atoms with Crippen LogP contribution in [0.15, 0.2) is 0 Å². The highest BCUT2D eigenvalue weighted by Gasteiger charge is 2.29. The summed E-state index contributed by atoms with van der Waals surface area (Å²) in [6, 6.07) is -0.328. The Kier molecular flexibility index (Phi) is 3.59. The molecule has 2 unspecified atom stereocenters. The van der Waals surface area contributed by atoms with E-state index in [1.807, 2.05) is 0 Å². The second-order valence-corrected chi connectivity index (χ2v) is 4.60. The van der Waals surface area contributed by atoms with E-state index < -0.39 is 5.97 Å². The van der Waals surface area contributed by atoms with Crippen molar-refractivity contribution in [3.8, 4) is 0 Å². The number of nitrogens with zero attached hydrogens (tertiary/aromatic N) is 1. The molecule has 15 heavy (non-hydrogen) atoms. The predicted octanol–water partition coefficient (Wildman–Crippen LogP) is 1.03. The van der Waals surface area contributed by atoms with Gasteiger partial charge in [-0.25, -0.2) is 0 Å². The van der Waals surface area contributed by atoms with Crippen molar-refractivity contribution in [1.82, 2.24) is 10.2 Å². The van der Waals surface area contributed by atoms with Crippen LogP contribution in [0.5, 0.6) is 0 Å². The van der Waals surface area contributed by atoms with Gasteiger partial charge in [-0.3, -0.25) is 15.0 Å². The van der Waals surface area contributed by atoms with E-state index in [0.717, 1.165) is 32.4 Å². The molecule has 0 aromatic rings. The van der Waals surface area contributed by atoms with Crippen molar-refractivity contribution in [3.63, 3.8) is 0 Å². The van der Waals surface area contributed by atoms with Gasteiger partial charge in [0.05, 0.1) is 6.17 Å². The number of carboxylic acid groups (broad SMARTS) is 1. The molecule has 2 N–H and O–H groups in total. The molecular weight excluding hydrogens is 192 g/mol. The smallest absolute Gasteiger partial charge is 0.320 e. The van der Waals surface area contributed by atoms with Gasteiger partial charge in [-0.1, -0.05) is 6.42 Å². The van der Waals surface area contributed by atoms with E-state index in [1.165, 1.54) is 19.3 Å². The molecule has 0 radical (unpaired) electrons. The van der Waals surface area contributed by atoms with Crippen molar-refractivity contribution in [2.45, 2.75) is 50.7 Å². The normalized spacial score (nSPS) is 33.9. The first-order chi connectivity index (χ1) is 7.27. The lowest BCUT2D eigenvalue weighted by molar-refractivity contribution is -0.141. The van der Waals surface area contributed by atoms with Crippen molar-refractivity contribution >= 4 is 5.97 Å². The number of aliphatic carboxylic acids is 1. The molecule has 2 rings (SSSR count). The minimum atomic E-state index is -0.697.